The molecule has 4 heterocycles. The highest BCUT2D eigenvalue weighted by molar-refractivity contribution is 6.04. The van der Waals surface area contributed by atoms with Gasteiger partial charge in [0.25, 0.3) is 0 Å². The van der Waals surface area contributed by atoms with Crippen LogP contribution in [0.3, 0.4) is 0 Å². The Labute approximate surface area is 191 Å². The lowest BCUT2D eigenvalue weighted by Gasteiger charge is -2.10. The van der Waals surface area contributed by atoms with Gasteiger partial charge in [-0.3, -0.25) is 14.1 Å². The lowest BCUT2D eigenvalue weighted by Crippen LogP contribution is -2.21. The third-order valence-electron chi connectivity index (χ3n) is 5.35. The topological polar surface area (TPSA) is 84.1 Å². The summed E-state index contributed by atoms with van der Waals surface area (Å²) < 4.78 is 13.8. The quantitative estimate of drug-likeness (QED) is 0.410. The summed E-state index contributed by atoms with van der Waals surface area (Å²) in [5.41, 5.74) is 4.50. The van der Waals surface area contributed by atoms with E-state index in [1.165, 1.54) is 7.11 Å². The standard InChI is InChI=1S/C23H19N5O3.C2H6/c1-27-19-13-25-17-8-6-14(15-7-9-20(30-2)26-12-15)11-16(17)21(19)28(23(27)29)18-5-4-10-24-22(18)31-3;1-2/h4-13H,1-3H3;1-2H3. The first kappa shape index (κ1) is 22.0. The van der Waals surface area contributed by atoms with E-state index in [4.69, 9.17) is 9.47 Å². The van der Waals surface area contributed by atoms with Crippen molar-refractivity contribution >= 4 is 21.9 Å². The third-order valence-corrected chi connectivity index (χ3v) is 5.35. The molecule has 0 radical (unpaired) electrons. The lowest BCUT2D eigenvalue weighted by atomic mass is 10.0. The Morgan fingerprint density at radius 2 is 1.67 bits per heavy atom. The van der Waals surface area contributed by atoms with Gasteiger partial charge in [0.15, 0.2) is 0 Å². The molecule has 0 saturated heterocycles. The molecule has 0 bridgehead atoms. The summed E-state index contributed by atoms with van der Waals surface area (Å²) >= 11 is 0. The number of methoxy groups -OCH3 is 2. The van der Waals surface area contributed by atoms with Gasteiger partial charge in [0.1, 0.15) is 5.69 Å². The number of ether oxygens (including phenoxy) is 2. The van der Waals surface area contributed by atoms with Crippen LogP contribution in [0.4, 0.5) is 0 Å². The molecule has 0 atom stereocenters. The summed E-state index contributed by atoms with van der Waals surface area (Å²) in [6, 6.07) is 13.3. The minimum Gasteiger partial charge on any atom is -0.481 e. The molecule has 0 fully saturated rings. The van der Waals surface area contributed by atoms with E-state index in [9.17, 15) is 4.79 Å². The van der Waals surface area contributed by atoms with Gasteiger partial charge in [-0.05, 0) is 35.9 Å². The average molecular weight is 444 g/mol. The van der Waals surface area contributed by atoms with Crippen LogP contribution in [0.25, 0.3) is 38.8 Å². The lowest BCUT2D eigenvalue weighted by molar-refractivity contribution is 0.396. The van der Waals surface area contributed by atoms with Crippen molar-refractivity contribution in [1.29, 1.82) is 0 Å². The summed E-state index contributed by atoms with van der Waals surface area (Å²) in [5.74, 6) is 0.923. The summed E-state index contributed by atoms with van der Waals surface area (Å²) in [5, 5.41) is 0.842. The Bertz CT molecular complexity index is 1490. The minimum atomic E-state index is -0.202. The molecule has 0 saturated carbocycles. The van der Waals surface area contributed by atoms with Crippen molar-refractivity contribution in [3.05, 3.63) is 71.5 Å². The van der Waals surface area contributed by atoms with Gasteiger partial charge < -0.3 is 9.47 Å². The zero-order chi connectivity index (χ0) is 23.5. The number of benzene rings is 1. The fourth-order valence-corrected chi connectivity index (χ4v) is 3.78. The third kappa shape index (κ3) is 3.69. The Morgan fingerprint density at radius 1 is 0.879 bits per heavy atom. The summed E-state index contributed by atoms with van der Waals surface area (Å²) in [6.45, 7) is 4.00. The van der Waals surface area contributed by atoms with Crippen LogP contribution in [0.1, 0.15) is 13.8 Å². The second-order valence-corrected chi connectivity index (χ2v) is 7.02. The van der Waals surface area contributed by atoms with E-state index in [0.29, 0.717) is 23.0 Å². The highest BCUT2D eigenvalue weighted by Gasteiger charge is 2.19. The van der Waals surface area contributed by atoms with Crippen LogP contribution in [0, 0.1) is 0 Å². The molecular formula is C25H25N5O3. The van der Waals surface area contributed by atoms with Crippen molar-refractivity contribution in [1.82, 2.24) is 24.1 Å². The predicted molar refractivity (Wildman–Crippen MR) is 129 cm³/mol. The summed E-state index contributed by atoms with van der Waals surface area (Å²) in [7, 11) is 4.85. The van der Waals surface area contributed by atoms with Gasteiger partial charge in [-0.2, -0.15) is 0 Å². The normalized spacial score (nSPS) is 10.7. The number of aryl methyl sites for hydroxylation is 1. The Morgan fingerprint density at radius 3 is 2.36 bits per heavy atom. The molecule has 8 nitrogen and oxygen atoms in total. The number of rotatable bonds is 4. The van der Waals surface area contributed by atoms with Gasteiger partial charge in [0.05, 0.1) is 37.0 Å². The molecule has 33 heavy (non-hydrogen) atoms. The van der Waals surface area contributed by atoms with Gasteiger partial charge in [-0.1, -0.05) is 19.9 Å². The van der Waals surface area contributed by atoms with E-state index in [0.717, 1.165) is 27.5 Å². The molecular weight excluding hydrogens is 418 g/mol. The van der Waals surface area contributed by atoms with E-state index in [1.807, 2.05) is 50.2 Å². The largest absolute Gasteiger partial charge is 0.481 e. The minimum absolute atomic E-state index is 0.202. The number of fused-ring (bicyclic) bond motifs is 3. The molecule has 0 unspecified atom stereocenters. The Hall–Kier alpha value is -4.20. The van der Waals surface area contributed by atoms with Gasteiger partial charge in [-0.15, -0.1) is 0 Å². The molecule has 0 N–H and O–H groups in total. The van der Waals surface area contributed by atoms with Crippen LogP contribution < -0.4 is 15.2 Å². The van der Waals surface area contributed by atoms with E-state index in [-0.39, 0.29) is 5.69 Å². The van der Waals surface area contributed by atoms with Gasteiger partial charge >= 0.3 is 5.69 Å². The monoisotopic (exact) mass is 443 g/mol. The zero-order valence-electron chi connectivity index (χ0n) is 19.2. The second-order valence-electron chi connectivity index (χ2n) is 7.02. The van der Waals surface area contributed by atoms with Crippen LogP contribution >= 0.6 is 0 Å². The molecule has 4 aromatic heterocycles. The Balaban J connectivity index is 0.00000126. The zero-order valence-corrected chi connectivity index (χ0v) is 19.2. The smallest absolute Gasteiger partial charge is 0.333 e. The highest BCUT2D eigenvalue weighted by atomic mass is 16.5. The maximum absolute atomic E-state index is 13.2. The van der Waals surface area contributed by atoms with Gasteiger partial charge in [0, 0.05) is 36.5 Å². The highest BCUT2D eigenvalue weighted by Crippen LogP contribution is 2.31. The van der Waals surface area contributed by atoms with E-state index in [1.54, 1.807) is 47.9 Å². The van der Waals surface area contributed by atoms with E-state index in [2.05, 4.69) is 15.0 Å². The maximum Gasteiger partial charge on any atom is 0.333 e. The van der Waals surface area contributed by atoms with Gasteiger partial charge in [0.2, 0.25) is 11.8 Å². The molecule has 0 spiro atoms. The maximum atomic E-state index is 13.2. The van der Waals surface area contributed by atoms with Crippen LogP contribution in [0.15, 0.2) is 65.8 Å². The van der Waals surface area contributed by atoms with Crippen molar-refractivity contribution in [2.75, 3.05) is 14.2 Å². The SMILES string of the molecule is CC.COc1ccc(-c2ccc3ncc4c(c3c2)n(-c2cccnc2OC)c(=O)n4C)cn1. The van der Waals surface area contributed by atoms with Crippen LogP contribution in [-0.4, -0.2) is 38.3 Å². The predicted octanol–water partition coefficient (Wildman–Crippen LogP) is 4.38. The fraction of sp³-hybridized carbons (Fsp3) is 0.200. The number of imidazole rings is 1. The number of pyridine rings is 3. The molecule has 168 valence electrons. The first-order valence-corrected chi connectivity index (χ1v) is 10.6. The van der Waals surface area contributed by atoms with E-state index >= 15 is 0 Å². The molecule has 0 aliphatic rings. The van der Waals surface area contributed by atoms with Crippen molar-refractivity contribution in [3.8, 4) is 28.6 Å². The van der Waals surface area contributed by atoms with Gasteiger partial charge in [-0.25, -0.2) is 14.8 Å². The Kier molecular flexibility index (Phi) is 6.08. The van der Waals surface area contributed by atoms with Crippen LogP contribution in [0.2, 0.25) is 0 Å². The second kappa shape index (κ2) is 9.12. The van der Waals surface area contributed by atoms with Crippen molar-refractivity contribution in [2.45, 2.75) is 13.8 Å². The number of hydrogen-bond donors (Lipinski definition) is 0. The summed E-state index contributed by atoms with van der Waals surface area (Å²) in [4.78, 5) is 26.3. The van der Waals surface area contributed by atoms with Crippen molar-refractivity contribution in [3.63, 3.8) is 0 Å². The van der Waals surface area contributed by atoms with Crippen molar-refractivity contribution < 1.29 is 9.47 Å². The first-order valence-electron chi connectivity index (χ1n) is 10.6. The molecule has 5 rings (SSSR count). The van der Waals surface area contributed by atoms with Crippen LogP contribution in [-0.2, 0) is 7.05 Å². The number of aromatic nitrogens is 5. The molecule has 1 aromatic carbocycles. The molecule has 5 aromatic rings. The molecule has 0 aliphatic heterocycles. The molecule has 0 aliphatic carbocycles. The average Bonchev–Trinajstić information content (AvgIpc) is 3.15. The summed E-state index contributed by atoms with van der Waals surface area (Å²) in [6.07, 6.45) is 5.11. The van der Waals surface area contributed by atoms with Crippen LogP contribution in [0.5, 0.6) is 11.8 Å². The van der Waals surface area contributed by atoms with Crippen molar-refractivity contribution in [2.24, 2.45) is 7.05 Å². The first-order chi connectivity index (χ1) is 16.1. The number of nitrogens with zero attached hydrogens (tertiary/aromatic N) is 5. The molecule has 8 heteroatoms. The van der Waals surface area contributed by atoms with E-state index < -0.39 is 0 Å². The number of hydrogen-bond acceptors (Lipinski definition) is 6. The molecule has 0 amide bonds. The fourth-order valence-electron chi connectivity index (χ4n) is 3.78.